The van der Waals surface area contributed by atoms with Gasteiger partial charge in [-0.2, -0.15) is 0 Å². The first-order valence-corrected chi connectivity index (χ1v) is 7.00. The van der Waals surface area contributed by atoms with E-state index in [2.05, 4.69) is 5.32 Å². The van der Waals surface area contributed by atoms with Crippen molar-refractivity contribution in [3.8, 4) is 0 Å². The van der Waals surface area contributed by atoms with Crippen LogP contribution in [0.1, 0.15) is 27.2 Å². The van der Waals surface area contributed by atoms with E-state index in [-0.39, 0.29) is 18.5 Å². The number of nitrogens with zero attached hydrogens (tertiary/aromatic N) is 1. The number of nitrogens with one attached hydrogen (secondary N) is 1. The van der Waals surface area contributed by atoms with E-state index in [4.69, 9.17) is 10.8 Å². The molecule has 0 spiro atoms. The SMILES string of the molecule is CCC(C)NC(=O)C(C)N(CC(=O)O)c1ccccc1N. The van der Waals surface area contributed by atoms with Gasteiger partial charge in [-0.3, -0.25) is 9.59 Å². The summed E-state index contributed by atoms with van der Waals surface area (Å²) in [5.74, 6) is -1.23. The Morgan fingerprint density at radius 2 is 1.95 bits per heavy atom. The lowest BCUT2D eigenvalue weighted by Crippen LogP contribution is -2.49. The average Bonchev–Trinajstić information content (AvgIpc) is 2.44. The van der Waals surface area contributed by atoms with Gasteiger partial charge in [0.1, 0.15) is 12.6 Å². The van der Waals surface area contributed by atoms with Crippen molar-refractivity contribution < 1.29 is 14.7 Å². The molecule has 0 heterocycles. The molecular formula is C15H23N3O3. The second-order valence-corrected chi connectivity index (χ2v) is 5.07. The molecule has 0 saturated heterocycles. The molecule has 116 valence electrons. The number of anilines is 2. The van der Waals surface area contributed by atoms with Crippen LogP contribution in [0.15, 0.2) is 24.3 Å². The zero-order valence-electron chi connectivity index (χ0n) is 12.7. The van der Waals surface area contributed by atoms with Gasteiger partial charge in [0.2, 0.25) is 5.91 Å². The molecule has 1 rings (SSSR count). The van der Waals surface area contributed by atoms with Gasteiger partial charge >= 0.3 is 5.97 Å². The number of benzene rings is 1. The summed E-state index contributed by atoms with van der Waals surface area (Å²) >= 11 is 0. The molecule has 2 atom stereocenters. The molecular weight excluding hydrogens is 270 g/mol. The van der Waals surface area contributed by atoms with Gasteiger partial charge in [0, 0.05) is 6.04 Å². The van der Waals surface area contributed by atoms with Crippen LogP contribution in [-0.2, 0) is 9.59 Å². The molecule has 0 aliphatic rings. The van der Waals surface area contributed by atoms with Crippen LogP contribution in [0, 0.1) is 0 Å². The van der Waals surface area contributed by atoms with Crippen molar-refractivity contribution in [1.29, 1.82) is 0 Å². The van der Waals surface area contributed by atoms with Crippen LogP contribution in [0.3, 0.4) is 0 Å². The third-order valence-electron chi connectivity index (χ3n) is 3.40. The Labute approximate surface area is 124 Å². The number of rotatable bonds is 7. The predicted octanol–water partition coefficient (Wildman–Crippen LogP) is 1.46. The number of carboxylic acids is 1. The second kappa shape index (κ2) is 7.52. The molecule has 6 heteroatoms. The monoisotopic (exact) mass is 293 g/mol. The molecule has 0 radical (unpaired) electrons. The van der Waals surface area contributed by atoms with Gasteiger partial charge in [0.25, 0.3) is 0 Å². The van der Waals surface area contributed by atoms with Crippen LogP contribution in [-0.4, -0.2) is 35.6 Å². The van der Waals surface area contributed by atoms with Crippen molar-refractivity contribution in [3.05, 3.63) is 24.3 Å². The third kappa shape index (κ3) is 4.66. The Morgan fingerprint density at radius 1 is 1.33 bits per heavy atom. The average molecular weight is 293 g/mol. The van der Waals surface area contributed by atoms with Crippen molar-refractivity contribution >= 4 is 23.3 Å². The highest BCUT2D eigenvalue weighted by Crippen LogP contribution is 2.24. The van der Waals surface area contributed by atoms with Gasteiger partial charge in [0.05, 0.1) is 11.4 Å². The first kappa shape index (κ1) is 16.8. The maximum atomic E-state index is 12.2. The van der Waals surface area contributed by atoms with Crippen LogP contribution in [0.5, 0.6) is 0 Å². The van der Waals surface area contributed by atoms with E-state index < -0.39 is 12.0 Å². The topological polar surface area (TPSA) is 95.7 Å². The maximum absolute atomic E-state index is 12.2. The fourth-order valence-electron chi connectivity index (χ4n) is 1.93. The fraction of sp³-hybridized carbons (Fsp3) is 0.467. The lowest BCUT2D eigenvalue weighted by atomic mass is 10.1. The molecule has 0 fully saturated rings. The molecule has 1 aromatic carbocycles. The van der Waals surface area contributed by atoms with E-state index in [1.54, 1.807) is 31.2 Å². The second-order valence-electron chi connectivity index (χ2n) is 5.07. The summed E-state index contributed by atoms with van der Waals surface area (Å²) in [6, 6.07) is 6.34. The fourth-order valence-corrected chi connectivity index (χ4v) is 1.93. The molecule has 4 N–H and O–H groups in total. The lowest BCUT2D eigenvalue weighted by Gasteiger charge is -2.30. The number of carbonyl (C=O) groups excluding carboxylic acids is 1. The van der Waals surface area contributed by atoms with Crippen molar-refractivity contribution in [2.24, 2.45) is 0 Å². The number of nitrogens with two attached hydrogens (primary N) is 1. The highest BCUT2D eigenvalue weighted by Gasteiger charge is 2.25. The van der Waals surface area contributed by atoms with Gasteiger partial charge < -0.3 is 21.1 Å². The minimum atomic E-state index is -1.01. The molecule has 0 aliphatic carbocycles. The first-order chi connectivity index (χ1) is 9.86. The van der Waals surface area contributed by atoms with Crippen molar-refractivity contribution in [3.63, 3.8) is 0 Å². The van der Waals surface area contributed by atoms with Crippen LogP contribution in [0.4, 0.5) is 11.4 Å². The number of hydrogen-bond donors (Lipinski definition) is 3. The normalized spacial score (nSPS) is 13.3. The summed E-state index contributed by atoms with van der Waals surface area (Å²) in [6.07, 6.45) is 0.810. The minimum absolute atomic E-state index is 0.0414. The zero-order chi connectivity index (χ0) is 16.0. The molecule has 0 aliphatic heterocycles. The van der Waals surface area contributed by atoms with Gasteiger partial charge in [-0.25, -0.2) is 0 Å². The minimum Gasteiger partial charge on any atom is -0.480 e. The molecule has 21 heavy (non-hydrogen) atoms. The van der Waals surface area contributed by atoms with E-state index >= 15 is 0 Å². The van der Waals surface area contributed by atoms with Crippen LogP contribution >= 0.6 is 0 Å². The van der Waals surface area contributed by atoms with E-state index in [0.29, 0.717) is 11.4 Å². The van der Waals surface area contributed by atoms with Crippen molar-refractivity contribution in [2.75, 3.05) is 17.2 Å². The summed E-state index contributed by atoms with van der Waals surface area (Å²) in [5, 5.41) is 11.9. The number of aliphatic carboxylic acids is 1. The van der Waals surface area contributed by atoms with Crippen molar-refractivity contribution in [1.82, 2.24) is 5.32 Å². The Balaban J connectivity index is 3.00. The van der Waals surface area contributed by atoms with Gasteiger partial charge in [-0.05, 0) is 32.4 Å². The van der Waals surface area contributed by atoms with Crippen LogP contribution < -0.4 is 16.0 Å². The summed E-state index contributed by atoms with van der Waals surface area (Å²) in [5.41, 5.74) is 6.89. The molecule has 0 bridgehead atoms. The highest BCUT2D eigenvalue weighted by atomic mass is 16.4. The number of nitrogen functional groups attached to an aromatic ring is 1. The Morgan fingerprint density at radius 3 is 2.48 bits per heavy atom. The number of carbonyl (C=O) groups is 2. The van der Waals surface area contributed by atoms with Crippen LogP contribution in [0.25, 0.3) is 0 Å². The number of hydrogen-bond acceptors (Lipinski definition) is 4. The Kier molecular flexibility index (Phi) is 6.02. The summed E-state index contributed by atoms with van der Waals surface area (Å²) in [7, 11) is 0. The Hall–Kier alpha value is -2.24. The quantitative estimate of drug-likeness (QED) is 0.662. The molecule has 0 aromatic heterocycles. The summed E-state index contributed by atoms with van der Waals surface area (Å²) in [4.78, 5) is 24.8. The van der Waals surface area contributed by atoms with Crippen molar-refractivity contribution in [2.45, 2.75) is 39.3 Å². The molecule has 1 amide bonds. The van der Waals surface area contributed by atoms with Gasteiger partial charge in [-0.1, -0.05) is 19.1 Å². The van der Waals surface area contributed by atoms with Gasteiger partial charge in [-0.15, -0.1) is 0 Å². The number of para-hydroxylation sites is 2. The van der Waals surface area contributed by atoms with E-state index in [9.17, 15) is 9.59 Å². The standard InChI is InChI=1S/C15H23N3O3/c1-4-10(2)17-15(21)11(3)18(9-14(19)20)13-8-6-5-7-12(13)16/h5-8,10-11H,4,9,16H2,1-3H3,(H,17,21)(H,19,20). The number of amides is 1. The van der Waals surface area contributed by atoms with E-state index in [1.165, 1.54) is 4.90 Å². The Bertz CT molecular complexity index is 505. The third-order valence-corrected chi connectivity index (χ3v) is 3.40. The zero-order valence-corrected chi connectivity index (χ0v) is 12.7. The van der Waals surface area contributed by atoms with E-state index in [0.717, 1.165) is 6.42 Å². The first-order valence-electron chi connectivity index (χ1n) is 7.00. The van der Waals surface area contributed by atoms with Crippen LogP contribution in [0.2, 0.25) is 0 Å². The smallest absolute Gasteiger partial charge is 0.323 e. The van der Waals surface area contributed by atoms with Gasteiger partial charge in [0.15, 0.2) is 0 Å². The summed E-state index contributed by atoms with van der Waals surface area (Å²) < 4.78 is 0. The summed E-state index contributed by atoms with van der Waals surface area (Å²) in [6.45, 7) is 5.26. The lowest BCUT2D eigenvalue weighted by molar-refractivity contribution is -0.135. The maximum Gasteiger partial charge on any atom is 0.323 e. The molecule has 1 aromatic rings. The predicted molar refractivity (Wildman–Crippen MR) is 83.2 cm³/mol. The molecule has 2 unspecified atom stereocenters. The molecule has 6 nitrogen and oxygen atoms in total. The highest BCUT2D eigenvalue weighted by molar-refractivity contribution is 5.89. The molecule has 0 saturated carbocycles. The van der Waals surface area contributed by atoms with E-state index in [1.807, 2.05) is 13.8 Å². The number of carboxylic acid groups (broad SMARTS) is 1. The largest absolute Gasteiger partial charge is 0.480 e.